The SMILES string of the molecule is F.F.[F][K]. The first-order valence-electron chi connectivity index (χ1n) is 0.378. The minimum absolute atomic E-state index is 0. The standard InChI is InChI=1S/3FH.K/h3*1H;/q;;;+1/p-1. The third kappa shape index (κ3) is 9.91. The third-order valence-electron chi connectivity index (χ3n) is 0. The molecule has 0 rings (SSSR count). The molecule has 0 aromatic rings. The van der Waals surface area contributed by atoms with Crippen LogP contribution in [0.1, 0.15) is 0 Å². The minimum atomic E-state index is -0.438. The monoisotopic (exact) mass is 98.0 g/mol. The van der Waals surface area contributed by atoms with Crippen molar-refractivity contribution in [3.05, 3.63) is 0 Å². The summed E-state index contributed by atoms with van der Waals surface area (Å²) in [5.41, 5.74) is 0. The molecule has 0 spiro atoms. The van der Waals surface area contributed by atoms with Crippen molar-refractivity contribution in [2.45, 2.75) is 0 Å². The first kappa shape index (κ1) is 18.1. The molecule has 0 aliphatic heterocycles. The second kappa shape index (κ2) is 25.5. The number of hydrogen-bond donors (Lipinski definition) is 0. The fraction of sp³-hybridized carbons (Fsp3) is 0. The van der Waals surface area contributed by atoms with Crippen molar-refractivity contribution in [1.82, 2.24) is 0 Å². The number of hydrogen-bond acceptors (Lipinski definition) is 0. The Balaban J connectivity index is -0.00000000500. The van der Waals surface area contributed by atoms with Gasteiger partial charge in [0.1, 0.15) is 0 Å². The van der Waals surface area contributed by atoms with E-state index in [4.69, 9.17) is 0 Å². The summed E-state index contributed by atoms with van der Waals surface area (Å²) >= 11 is -0.438. The molecule has 0 aromatic carbocycles. The molecule has 0 amide bonds. The molecule has 0 N–H and O–H groups in total. The molecule has 4 heteroatoms. The van der Waals surface area contributed by atoms with Gasteiger partial charge >= 0.3 is 49.7 Å². The predicted octanol–water partition coefficient (Wildman–Crippen LogP) is 0.344. The van der Waals surface area contributed by atoms with Crippen LogP contribution in [0.2, 0.25) is 0 Å². The van der Waals surface area contributed by atoms with Crippen molar-refractivity contribution >= 4 is 49.9 Å². The van der Waals surface area contributed by atoms with Crippen molar-refractivity contribution in [3.8, 4) is 0 Å². The van der Waals surface area contributed by atoms with Gasteiger partial charge in [0.15, 0.2) is 0 Å². The zero-order valence-corrected chi connectivity index (χ0v) is 5.32. The molecule has 0 aliphatic rings. The molecule has 0 nitrogen and oxygen atoms in total. The van der Waals surface area contributed by atoms with E-state index in [-0.39, 0.29) is 9.41 Å². The summed E-state index contributed by atoms with van der Waals surface area (Å²) in [7, 11) is 0. The first-order chi connectivity index (χ1) is 1.00. The Hall–Kier alpha value is 1.43. The fourth-order valence-electron chi connectivity index (χ4n) is 0. The topological polar surface area (TPSA) is 0 Å². The average Bonchev–Trinajstić information content (AvgIpc) is 1.00. The molecule has 24 valence electrons. The van der Waals surface area contributed by atoms with Gasteiger partial charge in [-0.1, -0.05) is 0 Å². The first-order valence-corrected chi connectivity index (χ1v) is 1.56. The summed E-state index contributed by atoms with van der Waals surface area (Å²) in [6, 6.07) is 0. The van der Waals surface area contributed by atoms with Crippen LogP contribution in [0, 0.1) is 0 Å². The van der Waals surface area contributed by atoms with E-state index < -0.39 is 49.9 Å². The van der Waals surface area contributed by atoms with Crippen molar-refractivity contribution in [2.75, 3.05) is 0 Å². The van der Waals surface area contributed by atoms with Gasteiger partial charge in [-0.3, -0.25) is 9.41 Å². The van der Waals surface area contributed by atoms with Crippen LogP contribution in [-0.2, 0) is 0 Å². The quantitative estimate of drug-likeness (QED) is 0.383. The van der Waals surface area contributed by atoms with Gasteiger partial charge < -0.3 is 0 Å². The fourth-order valence-corrected chi connectivity index (χ4v) is 0. The third-order valence-corrected chi connectivity index (χ3v) is 0. The van der Waals surface area contributed by atoms with Crippen molar-refractivity contribution in [3.63, 3.8) is 0 Å². The summed E-state index contributed by atoms with van der Waals surface area (Å²) in [5.74, 6) is 0. The van der Waals surface area contributed by atoms with E-state index in [9.17, 15) is -0.211 Å². The maximum absolute atomic E-state index is 9.69. The Labute approximate surface area is 58.1 Å². The molecule has 0 saturated carbocycles. The Bertz CT molecular complexity index is 3.25. The van der Waals surface area contributed by atoms with Crippen molar-refractivity contribution in [1.29, 1.82) is 0 Å². The number of halogens is 3. The summed E-state index contributed by atoms with van der Waals surface area (Å²) in [6.45, 7) is 0. The molecular weight excluding hydrogens is 96.1 g/mol. The van der Waals surface area contributed by atoms with Crippen LogP contribution in [0.15, 0.2) is 0 Å². The molecular formula is H2F3K. The van der Waals surface area contributed by atoms with Crippen LogP contribution in [0.25, 0.3) is 0 Å². The van der Waals surface area contributed by atoms with Gasteiger partial charge in [0.05, 0.1) is 0 Å². The Kier molecular flexibility index (Phi) is 115. The Morgan fingerprint density at radius 1 is 1.00 bits per heavy atom. The van der Waals surface area contributed by atoms with Crippen LogP contribution in [0.5, 0.6) is 0 Å². The summed E-state index contributed by atoms with van der Waals surface area (Å²) in [5, 5.41) is 0. The van der Waals surface area contributed by atoms with Crippen LogP contribution in [0.3, 0.4) is 0 Å². The van der Waals surface area contributed by atoms with Crippen molar-refractivity contribution in [2.24, 2.45) is 0 Å². The van der Waals surface area contributed by atoms with E-state index in [2.05, 4.69) is 0 Å². The van der Waals surface area contributed by atoms with E-state index in [1.807, 2.05) is 0 Å². The summed E-state index contributed by atoms with van der Waals surface area (Å²) in [6.07, 6.45) is 0. The van der Waals surface area contributed by atoms with E-state index >= 15 is 0 Å². The van der Waals surface area contributed by atoms with Crippen LogP contribution in [-0.4, -0.2) is 49.9 Å². The van der Waals surface area contributed by atoms with Gasteiger partial charge in [-0.15, -0.1) is 0 Å². The molecule has 4 heavy (non-hydrogen) atoms. The van der Waals surface area contributed by atoms with E-state index in [1.165, 1.54) is 0 Å². The molecule has 0 radical (unpaired) electrons. The average molecular weight is 98.1 g/mol. The van der Waals surface area contributed by atoms with Gasteiger partial charge in [-0.05, 0) is 0 Å². The van der Waals surface area contributed by atoms with Gasteiger partial charge in [0, 0.05) is 0 Å². The Morgan fingerprint density at radius 3 is 1.00 bits per heavy atom. The molecule has 0 saturated heterocycles. The molecule has 0 aromatic heterocycles. The van der Waals surface area contributed by atoms with E-state index in [1.54, 1.807) is 0 Å². The zero-order valence-electron chi connectivity index (χ0n) is 2.19. The molecule has 0 aliphatic carbocycles. The van der Waals surface area contributed by atoms with Crippen LogP contribution >= 0.6 is 0 Å². The Morgan fingerprint density at radius 2 is 1.00 bits per heavy atom. The molecule has 0 atom stereocenters. The maximum atomic E-state index is 9.69. The second-order valence-electron chi connectivity index (χ2n) is 0. The molecule has 0 unspecified atom stereocenters. The zero-order chi connectivity index (χ0) is 2.00. The molecule has 0 heterocycles. The summed E-state index contributed by atoms with van der Waals surface area (Å²) in [4.78, 5) is 0. The normalized spacial score (nSPS) is 1.75. The number of rotatable bonds is 0. The van der Waals surface area contributed by atoms with Crippen LogP contribution in [0.4, 0.5) is 9.20 Å². The van der Waals surface area contributed by atoms with Crippen molar-refractivity contribution < 1.29 is 9.20 Å². The molecule has 0 bridgehead atoms. The van der Waals surface area contributed by atoms with Gasteiger partial charge in [-0.25, -0.2) is 0 Å². The summed E-state index contributed by atoms with van der Waals surface area (Å²) < 4.78 is 9.69. The molecule has 0 fully saturated rings. The second-order valence-corrected chi connectivity index (χ2v) is 0. The van der Waals surface area contributed by atoms with Gasteiger partial charge in [0.2, 0.25) is 0 Å². The predicted molar refractivity (Wildman–Crippen MR) is 11.9 cm³/mol. The van der Waals surface area contributed by atoms with Gasteiger partial charge in [0.25, 0.3) is 0 Å². The van der Waals surface area contributed by atoms with Crippen LogP contribution < -0.4 is 0 Å². The van der Waals surface area contributed by atoms with E-state index in [0.717, 1.165) is 0 Å². The van der Waals surface area contributed by atoms with E-state index in [0.29, 0.717) is 0 Å². The van der Waals surface area contributed by atoms with Gasteiger partial charge in [-0.2, -0.15) is 0 Å².